The Labute approximate surface area is 99.0 Å². The van der Waals surface area contributed by atoms with E-state index in [1.165, 1.54) is 18.2 Å². The predicted molar refractivity (Wildman–Crippen MR) is 61.1 cm³/mol. The average Bonchev–Trinajstić information content (AvgIpc) is 2.73. The second-order valence-electron chi connectivity index (χ2n) is 4.56. The van der Waals surface area contributed by atoms with Crippen LogP contribution in [0, 0.1) is 12.7 Å². The average molecular weight is 235 g/mol. The van der Waals surface area contributed by atoms with Gasteiger partial charge in [-0.05, 0) is 37.5 Å². The molecule has 1 aliphatic rings. The molecule has 1 aromatic rings. The van der Waals surface area contributed by atoms with Gasteiger partial charge in [0.25, 0.3) is 0 Å². The van der Waals surface area contributed by atoms with Crippen molar-refractivity contribution in [1.29, 1.82) is 0 Å². The van der Waals surface area contributed by atoms with Crippen LogP contribution in [0.15, 0.2) is 17.1 Å². The minimum Gasteiger partial charge on any atom is -0.508 e. The molecule has 0 amide bonds. The molecule has 3 nitrogen and oxygen atoms in total. The number of halogens is 1. The molecule has 0 unspecified atom stereocenters. The number of hydrogen-bond donors (Lipinski definition) is 1. The molecule has 0 heterocycles. The first-order valence-corrected chi connectivity index (χ1v) is 5.68. The van der Waals surface area contributed by atoms with Crippen LogP contribution in [-0.2, 0) is 10.3 Å². The Hall–Kier alpha value is -1.67. The molecule has 4 heteroatoms. The zero-order chi connectivity index (χ0) is 12.5. The second-order valence-corrected chi connectivity index (χ2v) is 4.56. The van der Waals surface area contributed by atoms with Crippen LogP contribution in [0.5, 0.6) is 5.75 Å². The molecule has 0 aliphatic heterocycles. The maximum Gasteiger partial charge on any atom is 0.235 e. The third kappa shape index (κ3) is 1.96. The van der Waals surface area contributed by atoms with Crippen LogP contribution in [0.4, 0.5) is 4.39 Å². The number of carbonyl (C=O) groups excluding carboxylic acids is 1. The van der Waals surface area contributed by atoms with Crippen LogP contribution in [-0.4, -0.2) is 11.2 Å². The maximum atomic E-state index is 13.9. The molecule has 1 fully saturated rings. The van der Waals surface area contributed by atoms with E-state index in [2.05, 4.69) is 4.99 Å². The summed E-state index contributed by atoms with van der Waals surface area (Å²) in [7, 11) is 0. The highest BCUT2D eigenvalue weighted by atomic mass is 19.1. The Bertz CT molecular complexity index is 486. The van der Waals surface area contributed by atoms with Gasteiger partial charge in [-0.1, -0.05) is 12.8 Å². The monoisotopic (exact) mass is 235 g/mol. The number of hydrogen-bond acceptors (Lipinski definition) is 3. The van der Waals surface area contributed by atoms with E-state index in [0.29, 0.717) is 24.0 Å². The summed E-state index contributed by atoms with van der Waals surface area (Å²) in [4.78, 5) is 14.3. The summed E-state index contributed by atoms with van der Waals surface area (Å²) in [5.74, 6) is -0.380. The van der Waals surface area contributed by atoms with Gasteiger partial charge in [0, 0.05) is 5.56 Å². The molecule has 2 rings (SSSR count). The molecule has 0 radical (unpaired) electrons. The Kier molecular flexibility index (Phi) is 2.99. The normalized spacial score (nSPS) is 17.8. The standard InChI is InChI=1S/C13H14FNO2/c1-9-6-11(14)10(7-12(9)17)13(15-8-16)4-2-3-5-13/h6-7,17H,2-5H2,1H3. The van der Waals surface area contributed by atoms with E-state index in [4.69, 9.17) is 0 Å². The highest BCUT2D eigenvalue weighted by Crippen LogP contribution is 2.44. The molecule has 90 valence electrons. The zero-order valence-electron chi connectivity index (χ0n) is 9.66. The van der Waals surface area contributed by atoms with Gasteiger partial charge in [0.1, 0.15) is 17.1 Å². The van der Waals surface area contributed by atoms with E-state index in [-0.39, 0.29) is 5.75 Å². The fraction of sp³-hybridized carbons (Fsp3) is 0.462. The molecule has 0 bridgehead atoms. The molecule has 1 aromatic carbocycles. The summed E-state index contributed by atoms with van der Waals surface area (Å²) in [6.07, 6.45) is 4.59. The third-order valence-electron chi connectivity index (χ3n) is 3.48. The van der Waals surface area contributed by atoms with E-state index in [1.807, 2.05) is 0 Å². The lowest BCUT2D eigenvalue weighted by Gasteiger charge is -2.23. The third-order valence-corrected chi connectivity index (χ3v) is 3.48. The smallest absolute Gasteiger partial charge is 0.235 e. The highest BCUT2D eigenvalue weighted by molar-refractivity contribution is 5.43. The Morgan fingerprint density at radius 1 is 1.41 bits per heavy atom. The fourth-order valence-corrected chi connectivity index (χ4v) is 2.51. The van der Waals surface area contributed by atoms with Gasteiger partial charge in [0.2, 0.25) is 6.08 Å². The van der Waals surface area contributed by atoms with Crippen molar-refractivity contribution in [2.24, 2.45) is 4.99 Å². The van der Waals surface area contributed by atoms with Crippen LogP contribution < -0.4 is 0 Å². The molecule has 1 saturated carbocycles. The number of phenolic OH excluding ortho intramolecular Hbond substituents is 1. The van der Waals surface area contributed by atoms with Gasteiger partial charge < -0.3 is 5.11 Å². The quantitative estimate of drug-likeness (QED) is 0.633. The van der Waals surface area contributed by atoms with E-state index in [1.54, 1.807) is 6.92 Å². The minimum absolute atomic E-state index is 0.0359. The van der Waals surface area contributed by atoms with Crippen molar-refractivity contribution in [3.63, 3.8) is 0 Å². The number of isocyanates is 1. The predicted octanol–water partition coefficient (Wildman–Crippen LogP) is 2.94. The Morgan fingerprint density at radius 2 is 2.06 bits per heavy atom. The molecule has 0 aromatic heterocycles. The van der Waals surface area contributed by atoms with Gasteiger partial charge in [-0.2, -0.15) is 4.99 Å². The van der Waals surface area contributed by atoms with Gasteiger partial charge in [-0.3, -0.25) is 0 Å². The first-order chi connectivity index (χ1) is 8.09. The summed E-state index contributed by atoms with van der Waals surface area (Å²) in [5, 5.41) is 9.66. The summed E-state index contributed by atoms with van der Waals surface area (Å²) in [6, 6.07) is 2.67. The Morgan fingerprint density at radius 3 is 2.65 bits per heavy atom. The number of rotatable bonds is 2. The van der Waals surface area contributed by atoms with Gasteiger partial charge in [0.15, 0.2) is 0 Å². The number of aromatic hydroxyl groups is 1. The van der Waals surface area contributed by atoms with Crippen molar-refractivity contribution in [2.45, 2.75) is 38.1 Å². The molecule has 0 saturated heterocycles. The van der Waals surface area contributed by atoms with Crippen molar-refractivity contribution < 1.29 is 14.3 Å². The summed E-state index contributed by atoms with van der Waals surface area (Å²) in [5.41, 5.74) is -0.0345. The first-order valence-electron chi connectivity index (χ1n) is 5.68. The lowest BCUT2D eigenvalue weighted by Crippen LogP contribution is -2.20. The van der Waals surface area contributed by atoms with Gasteiger partial charge in [0.05, 0.1) is 0 Å². The molecule has 17 heavy (non-hydrogen) atoms. The number of benzene rings is 1. The summed E-state index contributed by atoms with van der Waals surface area (Å²) < 4.78 is 13.9. The van der Waals surface area contributed by atoms with Crippen LogP contribution in [0.25, 0.3) is 0 Å². The number of nitrogens with zero attached hydrogens (tertiary/aromatic N) is 1. The zero-order valence-corrected chi connectivity index (χ0v) is 9.66. The van der Waals surface area contributed by atoms with Crippen LogP contribution in [0.2, 0.25) is 0 Å². The van der Waals surface area contributed by atoms with Crippen molar-refractivity contribution in [1.82, 2.24) is 0 Å². The molecular weight excluding hydrogens is 221 g/mol. The minimum atomic E-state index is -0.822. The Balaban J connectivity index is 2.57. The number of aliphatic imine (C=N–C) groups is 1. The number of aryl methyl sites for hydroxylation is 1. The van der Waals surface area contributed by atoms with Gasteiger partial charge >= 0.3 is 0 Å². The summed E-state index contributed by atoms with van der Waals surface area (Å²) >= 11 is 0. The largest absolute Gasteiger partial charge is 0.508 e. The van der Waals surface area contributed by atoms with E-state index < -0.39 is 11.4 Å². The topological polar surface area (TPSA) is 49.7 Å². The van der Waals surface area contributed by atoms with Gasteiger partial charge in [-0.25, -0.2) is 9.18 Å². The van der Waals surface area contributed by atoms with Crippen LogP contribution in [0.3, 0.4) is 0 Å². The van der Waals surface area contributed by atoms with E-state index >= 15 is 0 Å². The highest BCUT2D eigenvalue weighted by Gasteiger charge is 2.38. The SMILES string of the molecule is Cc1cc(F)c(C2(N=C=O)CCCC2)cc1O. The molecular formula is C13H14FNO2. The fourth-order valence-electron chi connectivity index (χ4n) is 2.51. The maximum absolute atomic E-state index is 13.9. The molecule has 0 spiro atoms. The van der Waals surface area contributed by atoms with Crippen molar-refractivity contribution in [2.75, 3.05) is 0 Å². The van der Waals surface area contributed by atoms with Crippen molar-refractivity contribution in [3.05, 3.63) is 29.1 Å². The second kappa shape index (κ2) is 4.30. The molecule has 1 aliphatic carbocycles. The molecule has 1 N–H and O–H groups in total. The number of phenols is 1. The molecule has 0 atom stereocenters. The summed E-state index contributed by atoms with van der Waals surface area (Å²) in [6.45, 7) is 1.63. The lowest BCUT2D eigenvalue weighted by atomic mass is 9.87. The van der Waals surface area contributed by atoms with Gasteiger partial charge in [-0.15, -0.1) is 0 Å². The van der Waals surface area contributed by atoms with Crippen LogP contribution in [0.1, 0.15) is 36.8 Å². The van der Waals surface area contributed by atoms with E-state index in [9.17, 15) is 14.3 Å². The van der Waals surface area contributed by atoms with Crippen LogP contribution >= 0.6 is 0 Å². The van der Waals surface area contributed by atoms with Crippen molar-refractivity contribution >= 4 is 6.08 Å². The lowest BCUT2D eigenvalue weighted by molar-refractivity contribution is 0.419. The first kappa shape index (κ1) is 11.8. The van der Waals surface area contributed by atoms with Crippen molar-refractivity contribution in [3.8, 4) is 5.75 Å². The van der Waals surface area contributed by atoms with E-state index in [0.717, 1.165) is 12.8 Å².